The highest BCUT2D eigenvalue weighted by Crippen LogP contribution is 2.28. The van der Waals surface area contributed by atoms with Crippen molar-refractivity contribution in [3.63, 3.8) is 0 Å². The first-order chi connectivity index (χ1) is 13.4. The van der Waals surface area contributed by atoms with Gasteiger partial charge in [-0.25, -0.2) is 18.1 Å². The summed E-state index contributed by atoms with van der Waals surface area (Å²) >= 11 is 0. The van der Waals surface area contributed by atoms with E-state index in [2.05, 4.69) is 4.74 Å². The van der Waals surface area contributed by atoms with Gasteiger partial charge in [-0.2, -0.15) is 4.31 Å². The number of sulfonamides is 1. The number of carbonyl (C=O) groups is 2. The number of amides is 2. The summed E-state index contributed by atoms with van der Waals surface area (Å²) in [7, 11) is -2.09. The van der Waals surface area contributed by atoms with E-state index in [9.17, 15) is 18.0 Å². The molecule has 2 aromatic rings. The first kappa shape index (κ1) is 18.5. The monoisotopic (exact) mass is 402 g/mol. The quantitative estimate of drug-likeness (QED) is 0.756. The van der Waals surface area contributed by atoms with Crippen molar-refractivity contribution in [3.05, 3.63) is 48.5 Å². The zero-order chi connectivity index (χ0) is 19.9. The van der Waals surface area contributed by atoms with Crippen LogP contribution >= 0.6 is 0 Å². The van der Waals surface area contributed by atoms with Crippen molar-refractivity contribution in [3.8, 4) is 16.9 Å². The van der Waals surface area contributed by atoms with Crippen LogP contribution in [-0.4, -0.2) is 62.5 Å². The third-order valence-electron chi connectivity index (χ3n) is 4.89. The van der Waals surface area contributed by atoms with Crippen LogP contribution in [0.25, 0.3) is 11.1 Å². The molecule has 0 aromatic heterocycles. The van der Waals surface area contributed by atoms with Gasteiger partial charge in [0.25, 0.3) is 5.91 Å². The highest BCUT2D eigenvalue weighted by atomic mass is 32.2. The number of nitrogens with zero attached hydrogens (tertiary/aromatic N) is 2. The van der Waals surface area contributed by atoms with Crippen LogP contribution in [0.15, 0.2) is 53.4 Å². The van der Waals surface area contributed by atoms with Crippen molar-refractivity contribution < 1.29 is 27.5 Å². The van der Waals surface area contributed by atoms with E-state index in [-0.39, 0.29) is 24.6 Å². The van der Waals surface area contributed by atoms with Gasteiger partial charge in [0, 0.05) is 13.1 Å². The Kier molecular flexibility index (Phi) is 4.56. The fraction of sp³-hybridized carbons (Fsp3) is 0.263. The number of ether oxygens (including phenoxy) is 2. The summed E-state index contributed by atoms with van der Waals surface area (Å²) in [6, 6.07) is 13.6. The van der Waals surface area contributed by atoms with Crippen molar-refractivity contribution in [2.45, 2.75) is 10.9 Å². The van der Waals surface area contributed by atoms with Crippen LogP contribution in [0.4, 0.5) is 4.79 Å². The molecule has 4 rings (SSSR count). The Labute approximate surface area is 162 Å². The molecular weight excluding hydrogens is 384 g/mol. The molecule has 9 heteroatoms. The molecule has 0 spiro atoms. The van der Waals surface area contributed by atoms with E-state index in [0.717, 1.165) is 21.8 Å². The summed E-state index contributed by atoms with van der Waals surface area (Å²) in [5.41, 5.74) is 1.83. The maximum atomic E-state index is 12.8. The molecule has 146 valence electrons. The number of imide groups is 1. The molecule has 28 heavy (non-hydrogen) atoms. The summed E-state index contributed by atoms with van der Waals surface area (Å²) in [4.78, 5) is 24.4. The summed E-state index contributed by atoms with van der Waals surface area (Å²) in [5.74, 6) is 0.312. The van der Waals surface area contributed by atoms with Crippen molar-refractivity contribution in [2.24, 2.45) is 0 Å². The second kappa shape index (κ2) is 6.92. The second-order valence-corrected chi connectivity index (χ2v) is 8.48. The van der Waals surface area contributed by atoms with E-state index < -0.39 is 28.1 Å². The Hall–Kier alpha value is -2.91. The number of cyclic esters (lactones) is 1. The molecular formula is C19H18N2O6S. The molecule has 2 heterocycles. The Bertz CT molecular complexity index is 995. The van der Waals surface area contributed by atoms with Crippen molar-refractivity contribution >= 4 is 22.0 Å². The first-order valence-corrected chi connectivity index (χ1v) is 10.1. The normalized spacial score (nSPS) is 18.1. The SMILES string of the molecule is COc1ccc(-c2ccc(S(=O)(=O)N3CC(N4C(=O)COC4=O)C3)cc2)cc1. The van der Waals surface area contributed by atoms with E-state index >= 15 is 0 Å². The fourth-order valence-corrected chi connectivity index (χ4v) is 4.76. The van der Waals surface area contributed by atoms with Crippen molar-refractivity contribution in [1.29, 1.82) is 0 Å². The van der Waals surface area contributed by atoms with E-state index in [4.69, 9.17) is 4.74 Å². The maximum Gasteiger partial charge on any atom is 0.417 e. The van der Waals surface area contributed by atoms with Gasteiger partial charge in [0.2, 0.25) is 10.0 Å². The molecule has 0 aliphatic carbocycles. The standard InChI is InChI=1S/C19H18N2O6S/c1-26-16-6-2-13(3-7-16)14-4-8-17(9-5-14)28(24,25)20-10-15(11-20)21-18(22)12-27-19(21)23/h2-9,15H,10-12H2,1H3. The second-order valence-electron chi connectivity index (χ2n) is 6.55. The van der Waals surface area contributed by atoms with Crippen LogP contribution < -0.4 is 4.74 Å². The third-order valence-corrected chi connectivity index (χ3v) is 6.74. The zero-order valence-electron chi connectivity index (χ0n) is 15.1. The molecule has 0 N–H and O–H groups in total. The minimum absolute atomic E-state index is 0.0728. The number of hydrogen-bond acceptors (Lipinski definition) is 6. The third kappa shape index (κ3) is 3.12. The summed E-state index contributed by atoms with van der Waals surface area (Å²) in [5, 5.41) is 0. The van der Waals surface area contributed by atoms with E-state index in [1.165, 1.54) is 4.31 Å². The molecule has 2 saturated heterocycles. The van der Waals surface area contributed by atoms with Gasteiger partial charge < -0.3 is 9.47 Å². The van der Waals surface area contributed by atoms with Gasteiger partial charge in [-0.1, -0.05) is 24.3 Å². The molecule has 0 atom stereocenters. The van der Waals surface area contributed by atoms with E-state index in [1.54, 1.807) is 31.4 Å². The molecule has 2 fully saturated rings. The Morgan fingerprint density at radius 2 is 1.54 bits per heavy atom. The van der Waals surface area contributed by atoms with Gasteiger partial charge in [0.1, 0.15) is 5.75 Å². The molecule has 8 nitrogen and oxygen atoms in total. The first-order valence-electron chi connectivity index (χ1n) is 8.63. The average Bonchev–Trinajstić information content (AvgIpc) is 2.99. The number of rotatable bonds is 5. The lowest BCUT2D eigenvalue weighted by Gasteiger charge is -2.40. The van der Waals surface area contributed by atoms with Crippen LogP contribution in [0, 0.1) is 0 Å². The van der Waals surface area contributed by atoms with Gasteiger partial charge in [-0.15, -0.1) is 0 Å². The van der Waals surface area contributed by atoms with Crippen molar-refractivity contribution in [1.82, 2.24) is 9.21 Å². The van der Waals surface area contributed by atoms with E-state index in [1.807, 2.05) is 24.3 Å². The largest absolute Gasteiger partial charge is 0.497 e. The zero-order valence-corrected chi connectivity index (χ0v) is 15.9. The lowest BCUT2D eigenvalue weighted by Crippen LogP contribution is -2.62. The van der Waals surface area contributed by atoms with E-state index in [0.29, 0.717) is 0 Å². The topological polar surface area (TPSA) is 93.2 Å². The number of carbonyl (C=O) groups excluding carboxylic acids is 2. The van der Waals surface area contributed by atoms with Crippen LogP contribution in [0.5, 0.6) is 5.75 Å². The Balaban J connectivity index is 1.46. The van der Waals surface area contributed by atoms with Crippen LogP contribution in [0.3, 0.4) is 0 Å². The average molecular weight is 402 g/mol. The maximum absolute atomic E-state index is 12.8. The molecule has 2 aliphatic rings. The molecule has 0 unspecified atom stereocenters. The van der Waals surface area contributed by atoms with Crippen molar-refractivity contribution in [2.75, 3.05) is 26.8 Å². The highest BCUT2D eigenvalue weighted by molar-refractivity contribution is 7.89. The molecule has 2 aliphatic heterocycles. The predicted molar refractivity (Wildman–Crippen MR) is 99.2 cm³/mol. The number of benzene rings is 2. The lowest BCUT2D eigenvalue weighted by atomic mass is 10.1. The van der Waals surface area contributed by atoms with Crippen LogP contribution in [0.2, 0.25) is 0 Å². The summed E-state index contributed by atoms with van der Waals surface area (Å²) in [6.07, 6.45) is -0.712. The smallest absolute Gasteiger partial charge is 0.417 e. The molecule has 2 aromatic carbocycles. The Morgan fingerprint density at radius 3 is 2.04 bits per heavy atom. The number of hydrogen-bond donors (Lipinski definition) is 0. The predicted octanol–water partition coefficient (Wildman–Crippen LogP) is 1.71. The van der Waals surface area contributed by atoms with Gasteiger partial charge in [0.05, 0.1) is 18.0 Å². The molecule has 0 bridgehead atoms. The summed E-state index contributed by atoms with van der Waals surface area (Å²) in [6.45, 7) is -0.137. The minimum Gasteiger partial charge on any atom is -0.497 e. The lowest BCUT2D eigenvalue weighted by molar-refractivity contribution is -0.128. The highest BCUT2D eigenvalue weighted by Gasteiger charge is 2.46. The Morgan fingerprint density at radius 1 is 0.964 bits per heavy atom. The van der Waals surface area contributed by atoms with Gasteiger partial charge in [-0.05, 0) is 35.4 Å². The fourth-order valence-electron chi connectivity index (χ4n) is 3.25. The van der Waals surface area contributed by atoms with Crippen LogP contribution in [-0.2, 0) is 19.6 Å². The molecule has 2 amide bonds. The van der Waals surface area contributed by atoms with Crippen LogP contribution in [0.1, 0.15) is 0 Å². The molecule has 0 radical (unpaired) electrons. The minimum atomic E-state index is -3.69. The van der Waals surface area contributed by atoms with Gasteiger partial charge in [-0.3, -0.25) is 4.79 Å². The summed E-state index contributed by atoms with van der Waals surface area (Å²) < 4.78 is 36.6. The molecule has 0 saturated carbocycles. The van der Waals surface area contributed by atoms with Gasteiger partial charge in [0.15, 0.2) is 6.61 Å². The van der Waals surface area contributed by atoms with Gasteiger partial charge >= 0.3 is 6.09 Å². The number of methoxy groups -OCH3 is 1.